The van der Waals surface area contributed by atoms with E-state index in [9.17, 15) is 18.0 Å². The van der Waals surface area contributed by atoms with Gasteiger partial charge in [0.05, 0.1) is 24.5 Å². The van der Waals surface area contributed by atoms with Gasteiger partial charge in [0.2, 0.25) is 0 Å². The highest BCUT2D eigenvalue weighted by Gasteiger charge is 2.33. The second-order valence-electron chi connectivity index (χ2n) is 6.61. The van der Waals surface area contributed by atoms with E-state index in [1.54, 1.807) is 6.92 Å². The summed E-state index contributed by atoms with van der Waals surface area (Å²) in [5.74, 6) is 2.01. The monoisotopic (exact) mass is 424 g/mol. The zero-order valence-corrected chi connectivity index (χ0v) is 16.4. The predicted molar refractivity (Wildman–Crippen MR) is 107 cm³/mol. The van der Waals surface area contributed by atoms with Gasteiger partial charge in [-0.15, -0.1) is 0 Å². The molecule has 2 amide bonds. The summed E-state index contributed by atoms with van der Waals surface area (Å²) in [6.07, 6.45) is -4.55. The largest absolute Gasteiger partial charge is 0.418 e. The van der Waals surface area contributed by atoms with Crippen molar-refractivity contribution in [2.24, 2.45) is 0 Å². The highest BCUT2D eigenvalue weighted by Crippen LogP contribution is 2.34. The van der Waals surface area contributed by atoms with Crippen LogP contribution in [0.3, 0.4) is 0 Å². The number of amides is 2. The number of rotatable bonds is 6. The maximum atomic E-state index is 13.0. The molecule has 162 valence electrons. The molecule has 1 fully saturated rings. The van der Waals surface area contributed by atoms with Crippen molar-refractivity contribution in [1.82, 2.24) is 15.3 Å². The number of para-hydroxylation sites is 1. The second-order valence-corrected chi connectivity index (χ2v) is 6.61. The lowest BCUT2D eigenvalue weighted by Gasteiger charge is -2.28. The fourth-order valence-electron chi connectivity index (χ4n) is 2.97. The van der Waals surface area contributed by atoms with Crippen molar-refractivity contribution < 1.29 is 22.7 Å². The average molecular weight is 424 g/mol. The number of anilines is 3. The van der Waals surface area contributed by atoms with Crippen molar-refractivity contribution in [3.8, 4) is 0 Å². The van der Waals surface area contributed by atoms with Gasteiger partial charge in [-0.2, -0.15) is 13.2 Å². The van der Waals surface area contributed by atoms with Gasteiger partial charge >= 0.3 is 12.2 Å². The van der Waals surface area contributed by atoms with Crippen molar-refractivity contribution in [3.05, 3.63) is 41.7 Å². The summed E-state index contributed by atoms with van der Waals surface area (Å²) in [6, 6.07) is 5.91. The molecule has 2 aromatic rings. The number of aromatic nitrogens is 2. The highest BCUT2D eigenvalue weighted by molar-refractivity contribution is 5.90. The fraction of sp³-hybridized carbons (Fsp3) is 0.421. The molecule has 2 heterocycles. The quantitative estimate of drug-likeness (QED) is 0.618. The van der Waals surface area contributed by atoms with Gasteiger partial charge < -0.3 is 25.6 Å². The van der Waals surface area contributed by atoms with Crippen molar-refractivity contribution in [2.75, 3.05) is 54.9 Å². The third kappa shape index (κ3) is 5.96. The molecule has 11 heteroatoms. The van der Waals surface area contributed by atoms with Gasteiger partial charge in [0.15, 0.2) is 0 Å². The first-order valence-corrected chi connectivity index (χ1v) is 9.46. The van der Waals surface area contributed by atoms with Crippen LogP contribution in [0.25, 0.3) is 0 Å². The number of alkyl halides is 3. The van der Waals surface area contributed by atoms with Crippen LogP contribution in [0.5, 0.6) is 0 Å². The Kier molecular flexibility index (Phi) is 6.93. The summed E-state index contributed by atoms with van der Waals surface area (Å²) in [6.45, 7) is 5.10. The summed E-state index contributed by atoms with van der Waals surface area (Å²) < 4.78 is 44.3. The van der Waals surface area contributed by atoms with Crippen LogP contribution >= 0.6 is 0 Å². The van der Waals surface area contributed by atoms with Crippen LogP contribution in [0.2, 0.25) is 0 Å². The Balaban J connectivity index is 1.49. The van der Waals surface area contributed by atoms with E-state index in [0.717, 1.165) is 25.0 Å². The Morgan fingerprint density at radius 3 is 2.63 bits per heavy atom. The molecule has 0 saturated carbocycles. The molecule has 30 heavy (non-hydrogen) atoms. The van der Waals surface area contributed by atoms with Crippen LogP contribution in [0, 0.1) is 6.92 Å². The lowest BCUT2D eigenvalue weighted by molar-refractivity contribution is -0.136. The molecule has 1 aliphatic heterocycles. The maximum Gasteiger partial charge on any atom is 0.418 e. The van der Waals surface area contributed by atoms with Crippen LogP contribution in [0.4, 0.5) is 35.3 Å². The standard InChI is InChI=1S/C19H23F3N6O2/c1-13-25-16(12-17(26-13)28-8-10-30-11-9-28)23-6-7-24-18(29)27-15-5-3-2-4-14(15)19(20,21)22/h2-5,12H,6-11H2,1H3,(H,23,25,26)(H2,24,27,29). The van der Waals surface area contributed by atoms with Crippen molar-refractivity contribution in [2.45, 2.75) is 13.1 Å². The lowest BCUT2D eigenvalue weighted by Crippen LogP contribution is -2.37. The SMILES string of the molecule is Cc1nc(NCCNC(=O)Nc2ccccc2C(F)(F)F)cc(N2CCOCC2)n1. The van der Waals surface area contributed by atoms with E-state index in [4.69, 9.17) is 4.74 Å². The maximum absolute atomic E-state index is 13.0. The minimum atomic E-state index is -4.55. The molecule has 0 aliphatic carbocycles. The van der Waals surface area contributed by atoms with E-state index in [2.05, 4.69) is 30.8 Å². The molecule has 0 bridgehead atoms. The molecule has 1 aromatic carbocycles. The normalized spacial score (nSPS) is 14.3. The second kappa shape index (κ2) is 9.61. The first-order chi connectivity index (χ1) is 14.3. The predicted octanol–water partition coefficient (Wildman–Crippen LogP) is 2.87. The van der Waals surface area contributed by atoms with E-state index in [1.165, 1.54) is 18.2 Å². The molecule has 8 nitrogen and oxygen atoms in total. The van der Waals surface area contributed by atoms with Gasteiger partial charge in [-0.25, -0.2) is 14.8 Å². The van der Waals surface area contributed by atoms with E-state index < -0.39 is 17.8 Å². The molecule has 0 radical (unpaired) electrons. The molecule has 1 aromatic heterocycles. The number of halogens is 3. The molecule has 3 N–H and O–H groups in total. The number of ether oxygens (including phenoxy) is 1. The van der Waals surface area contributed by atoms with Crippen LogP contribution in [-0.2, 0) is 10.9 Å². The number of benzene rings is 1. The number of nitrogens with one attached hydrogen (secondary N) is 3. The molecule has 0 atom stereocenters. The smallest absolute Gasteiger partial charge is 0.378 e. The summed E-state index contributed by atoms with van der Waals surface area (Å²) in [4.78, 5) is 22.8. The van der Waals surface area contributed by atoms with Gasteiger partial charge in [-0.1, -0.05) is 12.1 Å². The van der Waals surface area contributed by atoms with E-state index in [0.29, 0.717) is 31.4 Å². The van der Waals surface area contributed by atoms with Gasteiger partial charge in [-0.05, 0) is 19.1 Å². The number of carbonyl (C=O) groups is 1. The third-order valence-electron chi connectivity index (χ3n) is 4.36. The molecule has 1 aliphatic rings. The lowest BCUT2D eigenvalue weighted by atomic mass is 10.1. The highest BCUT2D eigenvalue weighted by atomic mass is 19.4. The summed E-state index contributed by atoms with van der Waals surface area (Å²) >= 11 is 0. The Bertz CT molecular complexity index is 872. The number of urea groups is 1. The van der Waals surface area contributed by atoms with Gasteiger partial charge in [0.1, 0.15) is 17.5 Å². The van der Waals surface area contributed by atoms with Crippen molar-refractivity contribution in [3.63, 3.8) is 0 Å². The van der Waals surface area contributed by atoms with Crippen LogP contribution in [0.15, 0.2) is 30.3 Å². The van der Waals surface area contributed by atoms with Crippen LogP contribution in [0.1, 0.15) is 11.4 Å². The number of carbonyl (C=O) groups excluding carboxylic acids is 1. The van der Waals surface area contributed by atoms with E-state index in [1.807, 2.05) is 6.07 Å². The Hall–Kier alpha value is -3.08. The third-order valence-corrected chi connectivity index (χ3v) is 4.36. The summed E-state index contributed by atoms with van der Waals surface area (Å²) in [7, 11) is 0. The van der Waals surface area contributed by atoms with Crippen molar-refractivity contribution >= 4 is 23.4 Å². The molecule has 1 saturated heterocycles. The molecule has 0 spiro atoms. The van der Waals surface area contributed by atoms with Crippen molar-refractivity contribution in [1.29, 1.82) is 0 Å². The number of hydrogen-bond donors (Lipinski definition) is 3. The number of aryl methyl sites for hydroxylation is 1. The zero-order valence-electron chi connectivity index (χ0n) is 16.4. The average Bonchev–Trinajstić information content (AvgIpc) is 2.71. The number of morpholine rings is 1. The van der Waals surface area contributed by atoms with Gasteiger partial charge in [0, 0.05) is 32.2 Å². The zero-order chi connectivity index (χ0) is 21.6. The molecular weight excluding hydrogens is 401 g/mol. The fourth-order valence-corrected chi connectivity index (χ4v) is 2.97. The first kappa shape index (κ1) is 21.6. The van der Waals surface area contributed by atoms with E-state index >= 15 is 0 Å². The molecule has 0 unspecified atom stereocenters. The molecular formula is C19H23F3N6O2. The number of hydrogen-bond acceptors (Lipinski definition) is 6. The summed E-state index contributed by atoms with van der Waals surface area (Å²) in [5, 5.41) is 7.85. The van der Waals surface area contributed by atoms with Gasteiger partial charge in [0.25, 0.3) is 0 Å². The Morgan fingerprint density at radius 1 is 1.17 bits per heavy atom. The van der Waals surface area contributed by atoms with E-state index in [-0.39, 0.29) is 12.2 Å². The minimum absolute atomic E-state index is 0.190. The minimum Gasteiger partial charge on any atom is -0.378 e. The van der Waals surface area contributed by atoms with Crippen LogP contribution in [-0.4, -0.2) is 55.4 Å². The Morgan fingerprint density at radius 2 is 1.90 bits per heavy atom. The van der Waals surface area contributed by atoms with Gasteiger partial charge in [-0.3, -0.25) is 0 Å². The Labute approximate surface area is 171 Å². The van der Waals surface area contributed by atoms with Crippen LogP contribution < -0.4 is 20.9 Å². The topological polar surface area (TPSA) is 91.4 Å². The number of nitrogens with zero attached hydrogens (tertiary/aromatic N) is 3. The summed E-state index contributed by atoms with van der Waals surface area (Å²) in [5.41, 5.74) is -1.19. The molecule has 3 rings (SSSR count). The first-order valence-electron chi connectivity index (χ1n) is 9.46.